The number of hydrogen-bond donors (Lipinski definition) is 1. The highest BCUT2D eigenvalue weighted by molar-refractivity contribution is 5.85. The van der Waals surface area contributed by atoms with E-state index in [1.54, 1.807) is 0 Å². The Morgan fingerprint density at radius 2 is 1.90 bits per heavy atom. The minimum Gasteiger partial charge on any atom is -0.381 e. The Kier molecular flexibility index (Phi) is 8.75. The van der Waals surface area contributed by atoms with Crippen molar-refractivity contribution < 1.29 is 4.74 Å². The highest BCUT2D eigenvalue weighted by Crippen LogP contribution is 2.28. The van der Waals surface area contributed by atoms with E-state index < -0.39 is 0 Å². The Bertz CT molecular complexity index is 777. The van der Waals surface area contributed by atoms with Crippen molar-refractivity contribution in [2.24, 2.45) is 0 Å². The van der Waals surface area contributed by atoms with Crippen LogP contribution in [0, 0.1) is 0 Å². The number of nitrogens with zero attached hydrogens (tertiary/aromatic N) is 6. The van der Waals surface area contributed by atoms with Crippen LogP contribution in [0.1, 0.15) is 45.4 Å². The molecule has 0 aromatic carbocycles. The van der Waals surface area contributed by atoms with Crippen molar-refractivity contribution in [3.05, 3.63) is 11.9 Å². The molecule has 4 heterocycles. The van der Waals surface area contributed by atoms with Crippen LogP contribution in [0.15, 0.2) is 6.07 Å². The lowest BCUT2D eigenvalue weighted by atomic mass is 10.00. The summed E-state index contributed by atoms with van der Waals surface area (Å²) in [6.07, 6.45) is 1.97. The maximum atomic E-state index is 5.51. The summed E-state index contributed by atoms with van der Waals surface area (Å²) in [6.45, 7) is 12.9. The van der Waals surface area contributed by atoms with Gasteiger partial charge in [-0.15, -0.1) is 29.9 Å². The molecule has 1 atom stereocenters. The molecule has 2 saturated heterocycles. The molecule has 2 aromatic heterocycles. The first-order valence-electron chi connectivity index (χ1n) is 10.3. The van der Waals surface area contributed by atoms with E-state index in [0.29, 0.717) is 17.7 Å². The second kappa shape index (κ2) is 10.6. The zero-order chi connectivity index (χ0) is 18.8. The van der Waals surface area contributed by atoms with Crippen molar-refractivity contribution in [3.8, 4) is 0 Å². The van der Waals surface area contributed by atoms with Crippen LogP contribution in [-0.2, 0) is 4.74 Å². The predicted octanol–water partition coefficient (Wildman–Crippen LogP) is 2.51. The molecule has 0 spiro atoms. The predicted molar refractivity (Wildman–Crippen MR) is 121 cm³/mol. The summed E-state index contributed by atoms with van der Waals surface area (Å²) in [4.78, 5) is 14.4. The standard InChI is InChI=1S/C19H31N7O.2ClH/c1-4-24(5-2)16-12-17(25-9-8-20-14(3)13-25)26-19(21-16)22-18(23-26)15-6-10-27-11-7-15;;/h12,14-15,20H,4-11,13H2,1-3H3;2*1H. The average molecular weight is 446 g/mol. The first-order valence-corrected chi connectivity index (χ1v) is 10.3. The van der Waals surface area contributed by atoms with Crippen molar-refractivity contribution >= 4 is 42.2 Å². The van der Waals surface area contributed by atoms with Gasteiger partial charge in [-0.3, -0.25) is 0 Å². The molecule has 1 N–H and O–H groups in total. The quantitative estimate of drug-likeness (QED) is 0.757. The van der Waals surface area contributed by atoms with E-state index in [1.807, 2.05) is 4.52 Å². The summed E-state index contributed by atoms with van der Waals surface area (Å²) in [6, 6.07) is 2.64. The molecule has 29 heavy (non-hydrogen) atoms. The first-order chi connectivity index (χ1) is 13.2. The molecule has 2 aliphatic heterocycles. The topological polar surface area (TPSA) is 70.8 Å². The SMILES string of the molecule is CCN(CC)c1cc(N2CCNC(C)C2)n2nc(C3CCOCC3)nc2n1.Cl.Cl. The highest BCUT2D eigenvalue weighted by atomic mass is 35.5. The van der Waals surface area contributed by atoms with Gasteiger partial charge in [0.1, 0.15) is 11.6 Å². The summed E-state index contributed by atoms with van der Waals surface area (Å²) in [5, 5.41) is 8.42. The van der Waals surface area contributed by atoms with Crippen LogP contribution in [0.3, 0.4) is 0 Å². The largest absolute Gasteiger partial charge is 0.381 e. The molecule has 2 aromatic rings. The fourth-order valence-corrected chi connectivity index (χ4v) is 4.06. The monoisotopic (exact) mass is 445 g/mol. The lowest BCUT2D eigenvalue weighted by molar-refractivity contribution is 0.0836. The van der Waals surface area contributed by atoms with Gasteiger partial charge in [-0.1, -0.05) is 0 Å². The van der Waals surface area contributed by atoms with Crippen LogP contribution in [0.5, 0.6) is 0 Å². The van der Waals surface area contributed by atoms with Crippen molar-refractivity contribution in [2.75, 3.05) is 55.7 Å². The third kappa shape index (κ3) is 5.05. The van der Waals surface area contributed by atoms with Gasteiger partial charge < -0.3 is 19.9 Å². The molecule has 2 fully saturated rings. The third-order valence-corrected chi connectivity index (χ3v) is 5.66. The van der Waals surface area contributed by atoms with E-state index in [4.69, 9.17) is 19.8 Å². The lowest BCUT2D eigenvalue weighted by Gasteiger charge is -2.34. The van der Waals surface area contributed by atoms with Gasteiger partial charge in [-0.05, 0) is 33.6 Å². The maximum absolute atomic E-state index is 5.51. The van der Waals surface area contributed by atoms with Gasteiger partial charge in [-0.2, -0.15) is 14.5 Å². The number of rotatable bonds is 5. The molecule has 10 heteroatoms. The van der Waals surface area contributed by atoms with E-state index in [1.165, 1.54) is 0 Å². The van der Waals surface area contributed by atoms with Crippen molar-refractivity contribution in [3.63, 3.8) is 0 Å². The summed E-state index contributed by atoms with van der Waals surface area (Å²) >= 11 is 0. The second-order valence-electron chi connectivity index (χ2n) is 7.51. The van der Waals surface area contributed by atoms with Gasteiger partial charge in [0.25, 0.3) is 5.78 Å². The maximum Gasteiger partial charge on any atom is 0.256 e. The van der Waals surface area contributed by atoms with E-state index in [2.05, 4.69) is 42.0 Å². The molecule has 0 aliphatic carbocycles. The van der Waals surface area contributed by atoms with Crippen LogP contribution in [0.25, 0.3) is 5.78 Å². The Balaban J connectivity index is 0.00000150. The van der Waals surface area contributed by atoms with E-state index in [-0.39, 0.29) is 24.8 Å². The molecule has 2 aliphatic rings. The summed E-state index contributed by atoms with van der Waals surface area (Å²) < 4.78 is 7.46. The van der Waals surface area contributed by atoms with E-state index >= 15 is 0 Å². The number of nitrogens with one attached hydrogen (secondary N) is 1. The van der Waals surface area contributed by atoms with Gasteiger partial charge in [0.05, 0.1) is 0 Å². The average Bonchev–Trinajstić information content (AvgIpc) is 3.13. The molecule has 0 saturated carbocycles. The number of fused-ring (bicyclic) bond motifs is 1. The van der Waals surface area contributed by atoms with Crippen LogP contribution in [0.4, 0.5) is 11.6 Å². The summed E-state index contributed by atoms with van der Waals surface area (Å²) in [5.74, 6) is 4.07. The molecule has 4 rings (SSSR count). The smallest absolute Gasteiger partial charge is 0.256 e. The first kappa shape index (κ1) is 23.9. The number of halogens is 2. The van der Waals surface area contributed by atoms with Gasteiger partial charge >= 0.3 is 0 Å². The number of piperazine rings is 1. The van der Waals surface area contributed by atoms with Crippen LogP contribution >= 0.6 is 24.8 Å². The number of anilines is 2. The van der Waals surface area contributed by atoms with Gasteiger partial charge in [0, 0.05) is 64.0 Å². The number of hydrogen-bond acceptors (Lipinski definition) is 7. The molecule has 0 radical (unpaired) electrons. The lowest BCUT2D eigenvalue weighted by Crippen LogP contribution is -2.50. The van der Waals surface area contributed by atoms with Gasteiger partial charge in [-0.25, -0.2) is 0 Å². The van der Waals surface area contributed by atoms with Crippen molar-refractivity contribution in [1.29, 1.82) is 0 Å². The van der Waals surface area contributed by atoms with Crippen molar-refractivity contribution in [2.45, 2.75) is 45.6 Å². The minimum absolute atomic E-state index is 0. The van der Waals surface area contributed by atoms with Gasteiger partial charge in [0.2, 0.25) is 0 Å². The summed E-state index contributed by atoms with van der Waals surface area (Å²) in [5.41, 5.74) is 0. The third-order valence-electron chi connectivity index (χ3n) is 5.66. The van der Waals surface area contributed by atoms with Gasteiger partial charge in [0.15, 0.2) is 5.82 Å². The Morgan fingerprint density at radius 3 is 2.55 bits per heavy atom. The van der Waals surface area contributed by atoms with Crippen LogP contribution in [0.2, 0.25) is 0 Å². The molecule has 164 valence electrons. The normalized spacial score (nSPS) is 20.2. The van der Waals surface area contributed by atoms with Crippen LogP contribution in [-0.4, -0.2) is 71.6 Å². The summed E-state index contributed by atoms with van der Waals surface area (Å²) in [7, 11) is 0. The zero-order valence-corrected chi connectivity index (χ0v) is 19.1. The molecular weight excluding hydrogens is 413 g/mol. The Morgan fingerprint density at radius 1 is 1.17 bits per heavy atom. The number of ether oxygens (including phenoxy) is 1. The van der Waals surface area contributed by atoms with Crippen LogP contribution < -0.4 is 15.1 Å². The Labute approximate surface area is 185 Å². The second-order valence-corrected chi connectivity index (χ2v) is 7.51. The molecule has 8 nitrogen and oxygen atoms in total. The highest BCUT2D eigenvalue weighted by Gasteiger charge is 2.25. The molecule has 1 unspecified atom stereocenters. The Hall–Kier alpha value is -1.35. The zero-order valence-electron chi connectivity index (χ0n) is 17.5. The molecular formula is C19H33Cl2N7O. The van der Waals surface area contributed by atoms with E-state index in [0.717, 1.165) is 76.2 Å². The van der Waals surface area contributed by atoms with E-state index in [9.17, 15) is 0 Å². The fourth-order valence-electron chi connectivity index (χ4n) is 4.06. The minimum atomic E-state index is 0. The molecule has 0 amide bonds. The fraction of sp³-hybridized carbons (Fsp3) is 0.737. The molecule has 0 bridgehead atoms. The number of aromatic nitrogens is 4. The van der Waals surface area contributed by atoms with Crippen molar-refractivity contribution in [1.82, 2.24) is 24.9 Å².